The van der Waals surface area contributed by atoms with Crippen molar-refractivity contribution in [1.29, 1.82) is 0 Å². The summed E-state index contributed by atoms with van der Waals surface area (Å²) in [5.74, 6) is -0.195. The summed E-state index contributed by atoms with van der Waals surface area (Å²) >= 11 is 0. The van der Waals surface area contributed by atoms with Gasteiger partial charge in [-0.3, -0.25) is 9.52 Å². The van der Waals surface area contributed by atoms with Gasteiger partial charge in [0.1, 0.15) is 0 Å². The number of anilines is 2. The maximum atomic E-state index is 12.6. The minimum Gasteiger partial charge on any atom is -0.347 e. The largest absolute Gasteiger partial charge is 0.347 e. The first-order valence-corrected chi connectivity index (χ1v) is 11.0. The van der Waals surface area contributed by atoms with Gasteiger partial charge in [0.2, 0.25) is 5.91 Å². The number of aryl methyl sites for hydroxylation is 1. The van der Waals surface area contributed by atoms with Crippen molar-refractivity contribution in [3.63, 3.8) is 0 Å². The average Bonchev–Trinajstić information content (AvgIpc) is 3.17. The number of aromatic nitrogens is 1. The molecule has 0 saturated carbocycles. The smallest absolute Gasteiger partial charge is 0.261 e. The van der Waals surface area contributed by atoms with Crippen LogP contribution in [-0.2, 0) is 21.4 Å². The second-order valence-corrected chi connectivity index (χ2v) is 8.51. The molecule has 1 heterocycles. The van der Waals surface area contributed by atoms with Crippen LogP contribution in [-0.4, -0.2) is 18.9 Å². The van der Waals surface area contributed by atoms with Gasteiger partial charge < -0.3 is 9.88 Å². The number of rotatable bonds is 7. The summed E-state index contributed by atoms with van der Waals surface area (Å²) in [6, 6.07) is 24.9. The Balaban J connectivity index is 1.45. The molecule has 1 amide bonds. The lowest BCUT2D eigenvalue weighted by atomic mass is 10.2. The van der Waals surface area contributed by atoms with Gasteiger partial charge in [-0.1, -0.05) is 48.5 Å². The summed E-state index contributed by atoms with van der Waals surface area (Å²) in [7, 11) is -3.75. The molecular formula is C23H21N3O3S. The highest BCUT2D eigenvalue weighted by Gasteiger charge is 2.16. The zero-order valence-corrected chi connectivity index (χ0v) is 17.0. The van der Waals surface area contributed by atoms with Crippen LogP contribution in [0.1, 0.15) is 6.42 Å². The summed E-state index contributed by atoms with van der Waals surface area (Å²) < 4.78 is 29.8. The second-order valence-electron chi connectivity index (χ2n) is 6.83. The van der Waals surface area contributed by atoms with Crippen LogP contribution in [0.25, 0.3) is 10.9 Å². The molecule has 0 spiro atoms. The van der Waals surface area contributed by atoms with Crippen LogP contribution in [0.5, 0.6) is 0 Å². The fourth-order valence-electron chi connectivity index (χ4n) is 3.25. The van der Waals surface area contributed by atoms with E-state index in [1.54, 1.807) is 42.5 Å². The number of para-hydroxylation sites is 3. The number of nitrogens with one attached hydrogen (secondary N) is 2. The van der Waals surface area contributed by atoms with Gasteiger partial charge in [-0.15, -0.1) is 0 Å². The maximum Gasteiger partial charge on any atom is 0.261 e. The highest BCUT2D eigenvalue weighted by atomic mass is 32.2. The molecule has 0 radical (unpaired) electrons. The Hall–Kier alpha value is -3.58. The molecule has 152 valence electrons. The molecule has 0 fully saturated rings. The molecule has 0 unspecified atom stereocenters. The Labute approximate surface area is 175 Å². The standard InChI is InChI=1S/C23H21N3O3S/c27-23(15-17-26-16-14-18-8-4-7-13-22(18)26)24-20-11-5-6-12-21(20)25-30(28,29)19-9-2-1-3-10-19/h1-14,16,25H,15,17H2,(H,24,27). The Morgan fingerprint density at radius 3 is 2.27 bits per heavy atom. The molecule has 3 aromatic carbocycles. The van der Waals surface area contributed by atoms with Crippen molar-refractivity contribution in [2.75, 3.05) is 10.0 Å². The van der Waals surface area contributed by atoms with Crippen LogP contribution in [0.2, 0.25) is 0 Å². The Morgan fingerprint density at radius 1 is 0.800 bits per heavy atom. The maximum absolute atomic E-state index is 12.6. The van der Waals surface area contributed by atoms with E-state index in [2.05, 4.69) is 10.0 Å². The van der Waals surface area contributed by atoms with Gasteiger partial charge in [-0.25, -0.2) is 8.42 Å². The van der Waals surface area contributed by atoms with Crippen molar-refractivity contribution in [2.45, 2.75) is 17.9 Å². The number of benzene rings is 3. The van der Waals surface area contributed by atoms with Crippen molar-refractivity contribution in [3.05, 3.63) is 91.1 Å². The van der Waals surface area contributed by atoms with E-state index in [1.165, 1.54) is 12.1 Å². The van der Waals surface area contributed by atoms with Gasteiger partial charge in [0.25, 0.3) is 10.0 Å². The van der Waals surface area contributed by atoms with Crippen LogP contribution in [0, 0.1) is 0 Å². The first-order valence-electron chi connectivity index (χ1n) is 9.53. The van der Waals surface area contributed by atoms with Crippen LogP contribution in [0.3, 0.4) is 0 Å². The summed E-state index contributed by atoms with van der Waals surface area (Å²) in [5.41, 5.74) is 1.81. The summed E-state index contributed by atoms with van der Waals surface area (Å²) in [6.45, 7) is 0.525. The monoisotopic (exact) mass is 419 g/mol. The van der Waals surface area contributed by atoms with Crippen molar-refractivity contribution < 1.29 is 13.2 Å². The third-order valence-electron chi connectivity index (χ3n) is 4.76. The van der Waals surface area contributed by atoms with Crippen LogP contribution >= 0.6 is 0 Å². The van der Waals surface area contributed by atoms with E-state index >= 15 is 0 Å². The first-order chi connectivity index (χ1) is 14.5. The number of nitrogens with zero attached hydrogens (tertiary/aromatic N) is 1. The summed E-state index contributed by atoms with van der Waals surface area (Å²) in [4.78, 5) is 12.7. The van der Waals surface area contributed by atoms with E-state index in [9.17, 15) is 13.2 Å². The number of fused-ring (bicyclic) bond motifs is 1. The molecule has 7 heteroatoms. The lowest BCUT2D eigenvalue weighted by molar-refractivity contribution is -0.116. The van der Waals surface area contributed by atoms with Crippen molar-refractivity contribution >= 4 is 38.2 Å². The molecule has 0 saturated heterocycles. The quantitative estimate of drug-likeness (QED) is 0.464. The summed E-state index contributed by atoms with van der Waals surface area (Å²) in [6.07, 6.45) is 2.22. The Kier molecular flexibility index (Phi) is 5.54. The third kappa shape index (κ3) is 4.36. The molecule has 0 aliphatic carbocycles. The van der Waals surface area contributed by atoms with Crippen molar-refractivity contribution in [3.8, 4) is 0 Å². The number of carbonyl (C=O) groups is 1. The molecular weight excluding hydrogens is 398 g/mol. The van der Waals surface area contributed by atoms with Gasteiger partial charge in [0.15, 0.2) is 0 Å². The third-order valence-corrected chi connectivity index (χ3v) is 6.14. The van der Waals surface area contributed by atoms with E-state index < -0.39 is 10.0 Å². The fourth-order valence-corrected chi connectivity index (χ4v) is 4.36. The van der Waals surface area contributed by atoms with E-state index in [0.29, 0.717) is 17.9 Å². The number of amides is 1. The minimum absolute atomic E-state index is 0.158. The molecule has 0 aliphatic heterocycles. The number of carbonyl (C=O) groups excluding carboxylic acids is 1. The zero-order chi connectivity index (χ0) is 21.0. The highest BCUT2D eigenvalue weighted by molar-refractivity contribution is 7.92. The average molecular weight is 420 g/mol. The van der Waals surface area contributed by atoms with E-state index in [-0.39, 0.29) is 17.2 Å². The lowest BCUT2D eigenvalue weighted by Gasteiger charge is -2.14. The number of hydrogen-bond acceptors (Lipinski definition) is 3. The van der Waals surface area contributed by atoms with E-state index in [4.69, 9.17) is 0 Å². The Bertz CT molecular complexity index is 1280. The summed E-state index contributed by atoms with van der Waals surface area (Å²) in [5, 5.41) is 3.94. The molecule has 1 aromatic heterocycles. The molecule has 0 bridgehead atoms. The predicted octanol–water partition coefficient (Wildman–Crippen LogP) is 4.47. The highest BCUT2D eigenvalue weighted by Crippen LogP contribution is 2.25. The normalized spacial score (nSPS) is 11.3. The van der Waals surface area contributed by atoms with Crippen LogP contribution in [0.4, 0.5) is 11.4 Å². The van der Waals surface area contributed by atoms with Crippen molar-refractivity contribution in [1.82, 2.24) is 4.57 Å². The molecule has 4 rings (SSSR count). The number of sulfonamides is 1. The molecule has 2 N–H and O–H groups in total. The van der Waals surface area contributed by atoms with E-state index in [1.807, 2.05) is 41.1 Å². The molecule has 6 nitrogen and oxygen atoms in total. The topological polar surface area (TPSA) is 80.2 Å². The second kappa shape index (κ2) is 8.42. The lowest BCUT2D eigenvalue weighted by Crippen LogP contribution is -2.18. The molecule has 0 aliphatic rings. The Morgan fingerprint density at radius 2 is 1.47 bits per heavy atom. The van der Waals surface area contributed by atoms with Gasteiger partial charge in [0, 0.05) is 24.7 Å². The molecule has 0 atom stereocenters. The van der Waals surface area contributed by atoms with Gasteiger partial charge in [-0.2, -0.15) is 0 Å². The van der Waals surface area contributed by atoms with Gasteiger partial charge in [-0.05, 0) is 41.8 Å². The molecule has 4 aromatic rings. The first kappa shape index (κ1) is 19.7. The SMILES string of the molecule is O=C(CCn1ccc2ccccc21)Nc1ccccc1NS(=O)(=O)c1ccccc1. The van der Waals surface area contributed by atoms with E-state index in [0.717, 1.165) is 10.9 Å². The predicted molar refractivity (Wildman–Crippen MR) is 119 cm³/mol. The van der Waals surface area contributed by atoms with Gasteiger partial charge in [0.05, 0.1) is 16.3 Å². The minimum atomic E-state index is -3.75. The number of hydrogen-bond donors (Lipinski definition) is 2. The van der Waals surface area contributed by atoms with Gasteiger partial charge >= 0.3 is 0 Å². The fraction of sp³-hybridized carbons (Fsp3) is 0.0870. The zero-order valence-electron chi connectivity index (χ0n) is 16.2. The molecule has 30 heavy (non-hydrogen) atoms. The van der Waals surface area contributed by atoms with Crippen molar-refractivity contribution in [2.24, 2.45) is 0 Å². The van der Waals surface area contributed by atoms with Crippen LogP contribution in [0.15, 0.2) is 96.0 Å². The van der Waals surface area contributed by atoms with Crippen LogP contribution < -0.4 is 10.0 Å².